The fourth-order valence-corrected chi connectivity index (χ4v) is 3.58. The first-order chi connectivity index (χ1) is 9.88. The van der Waals surface area contributed by atoms with Crippen LogP contribution in [0.1, 0.15) is 25.0 Å². The number of nitrogens with zero attached hydrogens (tertiary/aromatic N) is 1. The highest BCUT2D eigenvalue weighted by atomic mass is 32.2. The van der Waals surface area contributed by atoms with Gasteiger partial charge in [0.05, 0.1) is 11.5 Å². The minimum atomic E-state index is -3.67. The first-order valence-corrected chi connectivity index (χ1v) is 8.39. The highest BCUT2D eigenvalue weighted by Gasteiger charge is 2.24. The van der Waals surface area contributed by atoms with Crippen LogP contribution in [0.25, 0.3) is 0 Å². The van der Waals surface area contributed by atoms with E-state index in [0.29, 0.717) is 19.8 Å². The fourth-order valence-electron chi connectivity index (χ4n) is 2.01. The second-order valence-electron chi connectivity index (χ2n) is 4.61. The van der Waals surface area contributed by atoms with Gasteiger partial charge in [-0.3, -0.25) is 0 Å². The molecule has 0 aliphatic rings. The second-order valence-corrected chi connectivity index (χ2v) is 6.55. The van der Waals surface area contributed by atoms with Crippen molar-refractivity contribution in [1.82, 2.24) is 4.31 Å². The maximum absolute atomic E-state index is 13.8. The number of ether oxygens (including phenoxy) is 1. The van der Waals surface area contributed by atoms with Gasteiger partial charge in [0.15, 0.2) is 0 Å². The van der Waals surface area contributed by atoms with E-state index in [1.165, 1.54) is 23.4 Å². The van der Waals surface area contributed by atoms with E-state index in [1.54, 1.807) is 6.92 Å². The van der Waals surface area contributed by atoms with E-state index in [4.69, 9.17) is 10.5 Å². The molecule has 0 aliphatic heterocycles. The summed E-state index contributed by atoms with van der Waals surface area (Å²) < 4.78 is 45.5. The van der Waals surface area contributed by atoms with Gasteiger partial charge < -0.3 is 10.5 Å². The zero-order chi connectivity index (χ0) is 16.0. The summed E-state index contributed by atoms with van der Waals surface area (Å²) in [6, 6.07) is 2.65. The lowest BCUT2D eigenvalue weighted by Crippen LogP contribution is -2.34. The van der Waals surface area contributed by atoms with Crippen LogP contribution in [0.3, 0.4) is 0 Å². The van der Waals surface area contributed by atoms with Crippen molar-refractivity contribution in [3.63, 3.8) is 0 Å². The SMILES string of the molecule is CCOCCN(CC)S(=O)(=O)c1cc(C)c(F)c(CN)c1. The smallest absolute Gasteiger partial charge is 0.243 e. The molecular weight excluding hydrogens is 295 g/mol. The molecule has 1 rings (SSSR count). The molecule has 1 aromatic rings. The summed E-state index contributed by atoms with van der Waals surface area (Å²) >= 11 is 0. The minimum Gasteiger partial charge on any atom is -0.380 e. The van der Waals surface area contributed by atoms with Crippen LogP contribution >= 0.6 is 0 Å². The van der Waals surface area contributed by atoms with Gasteiger partial charge in [-0.2, -0.15) is 4.31 Å². The number of halogens is 1. The van der Waals surface area contributed by atoms with Crippen LogP contribution in [0.5, 0.6) is 0 Å². The van der Waals surface area contributed by atoms with Gasteiger partial charge in [-0.25, -0.2) is 12.8 Å². The van der Waals surface area contributed by atoms with E-state index in [-0.39, 0.29) is 29.1 Å². The van der Waals surface area contributed by atoms with E-state index < -0.39 is 15.8 Å². The molecule has 0 heterocycles. The first-order valence-electron chi connectivity index (χ1n) is 6.95. The summed E-state index contributed by atoms with van der Waals surface area (Å²) in [5.74, 6) is -0.450. The Morgan fingerprint density at radius 2 is 2.00 bits per heavy atom. The molecule has 0 bridgehead atoms. The zero-order valence-corrected chi connectivity index (χ0v) is 13.5. The van der Waals surface area contributed by atoms with Gasteiger partial charge in [-0.15, -0.1) is 0 Å². The van der Waals surface area contributed by atoms with Gasteiger partial charge in [0, 0.05) is 31.8 Å². The number of likely N-dealkylation sites (N-methyl/N-ethyl adjacent to an activating group) is 1. The third kappa shape index (κ3) is 4.23. The molecule has 0 atom stereocenters. The molecule has 5 nitrogen and oxygen atoms in total. The molecule has 7 heteroatoms. The van der Waals surface area contributed by atoms with E-state index >= 15 is 0 Å². The maximum atomic E-state index is 13.8. The van der Waals surface area contributed by atoms with Gasteiger partial charge in [0.1, 0.15) is 5.82 Å². The molecule has 21 heavy (non-hydrogen) atoms. The Morgan fingerprint density at radius 1 is 1.33 bits per heavy atom. The summed E-state index contributed by atoms with van der Waals surface area (Å²) in [5.41, 5.74) is 5.95. The number of aryl methyl sites for hydroxylation is 1. The lowest BCUT2D eigenvalue weighted by atomic mass is 10.1. The third-order valence-corrected chi connectivity index (χ3v) is 5.15. The topological polar surface area (TPSA) is 72.6 Å². The lowest BCUT2D eigenvalue weighted by molar-refractivity contribution is 0.135. The molecular formula is C14H23FN2O3S. The molecule has 0 fully saturated rings. The van der Waals surface area contributed by atoms with Crippen LogP contribution in [0, 0.1) is 12.7 Å². The Balaban J connectivity index is 3.13. The molecule has 120 valence electrons. The van der Waals surface area contributed by atoms with Crippen molar-refractivity contribution in [1.29, 1.82) is 0 Å². The minimum absolute atomic E-state index is 0.0406. The normalized spacial score (nSPS) is 12.1. The Bertz CT molecular complexity index is 576. The summed E-state index contributed by atoms with van der Waals surface area (Å²) in [6.07, 6.45) is 0. The van der Waals surface area contributed by atoms with Crippen molar-refractivity contribution in [2.75, 3.05) is 26.3 Å². The van der Waals surface area contributed by atoms with Gasteiger partial charge in [0.25, 0.3) is 0 Å². The summed E-state index contributed by atoms with van der Waals surface area (Å²) in [7, 11) is -3.67. The van der Waals surface area contributed by atoms with E-state index in [0.717, 1.165) is 0 Å². The molecule has 0 aromatic heterocycles. The van der Waals surface area contributed by atoms with Crippen LogP contribution in [0.4, 0.5) is 4.39 Å². The van der Waals surface area contributed by atoms with Gasteiger partial charge in [-0.1, -0.05) is 6.92 Å². The monoisotopic (exact) mass is 318 g/mol. The van der Waals surface area contributed by atoms with Crippen molar-refractivity contribution < 1.29 is 17.5 Å². The quantitative estimate of drug-likeness (QED) is 0.740. The molecule has 0 saturated carbocycles. The second kappa shape index (κ2) is 7.84. The standard InChI is InChI=1S/C14H23FN2O3S/c1-4-17(6-7-20-5-2)21(18,19)13-8-11(3)14(15)12(9-13)10-16/h8-9H,4-7,10,16H2,1-3H3. The number of rotatable bonds is 8. The van der Waals surface area contributed by atoms with Crippen molar-refractivity contribution in [3.05, 3.63) is 29.1 Å². The Labute approximate surface area is 125 Å². The maximum Gasteiger partial charge on any atom is 0.243 e. The molecule has 0 unspecified atom stereocenters. The van der Waals surface area contributed by atoms with E-state index in [1.807, 2.05) is 6.92 Å². The number of sulfonamides is 1. The first kappa shape index (κ1) is 18.0. The molecule has 0 aliphatic carbocycles. The zero-order valence-electron chi connectivity index (χ0n) is 12.7. The Hall–Kier alpha value is -1.02. The molecule has 0 spiro atoms. The highest BCUT2D eigenvalue weighted by molar-refractivity contribution is 7.89. The average Bonchev–Trinajstić information content (AvgIpc) is 2.46. The van der Waals surface area contributed by atoms with Crippen molar-refractivity contribution in [2.45, 2.75) is 32.2 Å². The fraction of sp³-hybridized carbons (Fsp3) is 0.571. The van der Waals surface area contributed by atoms with Crippen LogP contribution in [-0.4, -0.2) is 39.0 Å². The number of hydrogen-bond acceptors (Lipinski definition) is 4. The predicted octanol–water partition coefficient (Wildman–Crippen LogP) is 1.64. The van der Waals surface area contributed by atoms with Gasteiger partial charge in [0.2, 0.25) is 10.0 Å². The molecule has 1 aromatic carbocycles. The molecule has 0 amide bonds. The molecule has 0 radical (unpaired) electrons. The molecule has 0 saturated heterocycles. The summed E-state index contributed by atoms with van der Waals surface area (Å²) in [4.78, 5) is 0.0696. The van der Waals surface area contributed by atoms with Gasteiger partial charge in [-0.05, 0) is 31.5 Å². The highest BCUT2D eigenvalue weighted by Crippen LogP contribution is 2.22. The lowest BCUT2D eigenvalue weighted by Gasteiger charge is -2.21. The van der Waals surface area contributed by atoms with Crippen LogP contribution in [-0.2, 0) is 21.3 Å². The largest absolute Gasteiger partial charge is 0.380 e. The van der Waals surface area contributed by atoms with E-state index in [9.17, 15) is 12.8 Å². The van der Waals surface area contributed by atoms with Gasteiger partial charge >= 0.3 is 0 Å². The Kier molecular flexibility index (Phi) is 6.73. The predicted molar refractivity (Wildman–Crippen MR) is 80.0 cm³/mol. The van der Waals surface area contributed by atoms with Crippen LogP contribution in [0.2, 0.25) is 0 Å². The number of benzene rings is 1. The average molecular weight is 318 g/mol. The van der Waals surface area contributed by atoms with Crippen molar-refractivity contribution >= 4 is 10.0 Å². The van der Waals surface area contributed by atoms with E-state index in [2.05, 4.69) is 0 Å². The van der Waals surface area contributed by atoms with Crippen LogP contribution < -0.4 is 5.73 Å². The number of hydrogen-bond donors (Lipinski definition) is 1. The number of nitrogens with two attached hydrogens (primary N) is 1. The van der Waals surface area contributed by atoms with Crippen LogP contribution in [0.15, 0.2) is 17.0 Å². The summed E-state index contributed by atoms with van der Waals surface area (Å²) in [5, 5.41) is 0. The Morgan fingerprint density at radius 3 is 2.52 bits per heavy atom. The molecule has 2 N–H and O–H groups in total. The third-order valence-electron chi connectivity index (χ3n) is 3.20. The summed E-state index contributed by atoms with van der Waals surface area (Å²) in [6.45, 7) is 6.54. The van der Waals surface area contributed by atoms with Crippen molar-refractivity contribution in [3.8, 4) is 0 Å². The van der Waals surface area contributed by atoms with Crippen molar-refractivity contribution in [2.24, 2.45) is 5.73 Å².